The first-order valence-electron chi connectivity index (χ1n) is 6.76. The van der Waals surface area contributed by atoms with E-state index in [0.717, 1.165) is 13.1 Å². The SMILES string of the molecule is CCNC(C)(CN(C)CC1CCCN1C)C(=O)O. The molecule has 0 aliphatic carbocycles. The number of carbonyl (C=O) groups is 1. The van der Waals surface area contributed by atoms with Crippen LogP contribution in [0.5, 0.6) is 0 Å². The molecule has 106 valence electrons. The molecule has 0 aromatic rings. The number of hydrogen-bond donors (Lipinski definition) is 2. The van der Waals surface area contributed by atoms with Crippen molar-refractivity contribution < 1.29 is 9.90 Å². The smallest absolute Gasteiger partial charge is 0.324 e. The molecule has 2 unspecified atom stereocenters. The highest BCUT2D eigenvalue weighted by Crippen LogP contribution is 2.16. The first-order valence-corrected chi connectivity index (χ1v) is 6.76. The maximum Gasteiger partial charge on any atom is 0.324 e. The van der Waals surface area contributed by atoms with Crippen LogP contribution in [0.25, 0.3) is 0 Å². The summed E-state index contributed by atoms with van der Waals surface area (Å²) in [6.07, 6.45) is 2.46. The Morgan fingerprint density at radius 2 is 2.28 bits per heavy atom. The van der Waals surface area contributed by atoms with E-state index in [2.05, 4.69) is 22.2 Å². The zero-order chi connectivity index (χ0) is 13.8. The van der Waals surface area contributed by atoms with Crippen molar-refractivity contribution in [3.63, 3.8) is 0 Å². The number of nitrogens with one attached hydrogen (secondary N) is 1. The standard InChI is InChI=1S/C13H27N3O2/c1-5-14-13(2,12(17)18)10-15(3)9-11-7-6-8-16(11)4/h11,14H,5-10H2,1-4H3,(H,17,18). The Morgan fingerprint density at radius 1 is 1.61 bits per heavy atom. The fraction of sp³-hybridized carbons (Fsp3) is 0.923. The predicted octanol–water partition coefficient (Wildman–Crippen LogP) is 0.465. The fourth-order valence-electron chi connectivity index (χ4n) is 2.76. The molecular formula is C13H27N3O2. The van der Waals surface area contributed by atoms with Crippen LogP contribution in [-0.2, 0) is 4.79 Å². The summed E-state index contributed by atoms with van der Waals surface area (Å²) in [6, 6.07) is 0.565. The zero-order valence-corrected chi connectivity index (χ0v) is 12.1. The van der Waals surface area contributed by atoms with E-state index in [9.17, 15) is 9.90 Å². The first kappa shape index (κ1) is 15.4. The van der Waals surface area contributed by atoms with E-state index < -0.39 is 11.5 Å². The molecular weight excluding hydrogens is 230 g/mol. The molecule has 1 saturated heterocycles. The van der Waals surface area contributed by atoms with Crippen LogP contribution in [0.4, 0.5) is 0 Å². The maximum atomic E-state index is 11.3. The highest BCUT2D eigenvalue weighted by Gasteiger charge is 2.34. The summed E-state index contributed by atoms with van der Waals surface area (Å²) in [5, 5.41) is 12.4. The lowest BCUT2D eigenvalue weighted by Crippen LogP contribution is -2.57. The minimum Gasteiger partial charge on any atom is -0.480 e. The molecule has 0 spiro atoms. The van der Waals surface area contributed by atoms with Crippen molar-refractivity contribution in [3.8, 4) is 0 Å². The predicted molar refractivity (Wildman–Crippen MR) is 72.9 cm³/mol. The zero-order valence-electron chi connectivity index (χ0n) is 12.1. The average Bonchev–Trinajstić information content (AvgIpc) is 2.64. The molecule has 1 rings (SSSR count). The van der Waals surface area contributed by atoms with E-state index in [0.29, 0.717) is 19.1 Å². The molecule has 0 aromatic heterocycles. The number of likely N-dealkylation sites (N-methyl/N-ethyl adjacent to an activating group) is 3. The molecule has 2 atom stereocenters. The van der Waals surface area contributed by atoms with Crippen molar-refractivity contribution in [2.24, 2.45) is 0 Å². The van der Waals surface area contributed by atoms with Crippen molar-refractivity contribution in [3.05, 3.63) is 0 Å². The van der Waals surface area contributed by atoms with Gasteiger partial charge in [0.2, 0.25) is 0 Å². The van der Waals surface area contributed by atoms with Crippen molar-refractivity contribution in [1.29, 1.82) is 0 Å². The van der Waals surface area contributed by atoms with E-state index in [1.165, 1.54) is 12.8 Å². The summed E-state index contributed by atoms with van der Waals surface area (Å²) in [7, 11) is 4.15. The summed E-state index contributed by atoms with van der Waals surface area (Å²) < 4.78 is 0. The first-order chi connectivity index (χ1) is 8.39. The van der Waals surface area contributed by atoms with Crippen molar-refractivity contribution in [2.45, 2.75) is 38.3 Å². The fourth-order valence-corrected chi connectivity index (χ4v) is 2.76. The number of carboxylic acids is 1. The second kappa shape index (κ2) is 6.50. The minimum absolute atomic E-state index is 0.528. The summed E-state index contributed by atoms with van der Waals surface area (Å²) in [5.74, 6) is -0.782. The van der Waals surface area contributed by atoms with Crippen LogP contribution in [0.2, 0.25) is 0 Å². The molecule has 1 fully saturated rings. The number of likely N-dealkylation sites (tertiary alicyclic amines) is 1. The second-order valence-corrected chi connectivity index (χ2v) is 5.64. The van der Waals surface area contributed by atoms with E-state index in [4.69, 9.17) is 0 Å². The molecule has 2 N–H and O–H groups in total. The third-order valence-electron chi connectivity index (χ3n) is 3.82. The summed E-state index contributed by atoms with van der Waals surface area (Å²) in [5.41, 5.74) is -0.860. The lowest BCUT2D eigenvalue weighted by molar-refractivity contribution is -0.144. The van der Waals surface area contributed by atoms with Gasteiger partial charge in [-0.1, -0.05) is 6.92 Å². The van der Waals surface area contributed by atoms with Gasteiger partial charge in [0.15, 0.2) is 0 Å². The van der Waals surface area contributed by atoms with E-state index >= 15 is 0 Å². The molecule has 0 bridgehead atoms. The second-order valence-electron chi connectivity index (χ2n) is 5.64. The molecule has 1 aliphatic heterocycles. The van der Waals surface area contributed by atoms with Gasteiger partial charge in [-0.15, -0.1) is 0 Å². The van der Waals surface area contributed by atoms with Gasteiger partial charge >= 0.3 is 5.97 Å². The monoisotopic (exact) mass is 257 g/mol. The topological polar surface area (TPSA) is 55.8 Å². The van der Waals surface area contributed by atoms with Gasteiger partial charge in [0.25, 0.3) is 0 Å². The Labute approximate surface area is 110 Å². The van der Waals surface area contributed by atoms with Crippen LogP contribution in [0, 0.1) is 0 Å². The number of nitrogens with zero attached hydrogens (tertiary/aromatic N) is 2. The Kier molecular flexibility index (Phi) is 5.56. The van der Waals surface area contributed by atoms with Gasteiger partial charge in [0.05, 0.1) is 0 Å². The quantitative estimate of drug-likeness (QED) is 0.694. The molecule has 0 saturated carbocycles. The molecule has 1 aliphatic rings. The Balaban J connectivity index is 2.50. The van der Waals surface area contributed by atoms with Crippen LogP contribution in [0.15, 0.2) is 0 Å². The molecule has 0 radical (unpaired) electrons. The lowest BCUT2D eigenvalue weighted by Gasteiger charge is -2.33. The van der Waals surface area contributed by atoms with Gasteiger partial charge in [-0.2, -0.15) is 0 Å². The lowest BCUT2D eigenvalue weighted by atomic mass is 10.0. The minimum atomic E-state index is -0.860. The molecule has 5 heteroatoms. The van der Waals surface area contributed by atoms with Crippen molar-refractivity contribution in [2.75, 3.05) is 40.3 Å². The van der Waals surface area contributed by atoms with Crippen LogP contribution >= 0.6 is 0 Å². The molecule has 1 heterocycles. The third kappa shape index (κ3) is 3.93. The Bertz CT molecular complexity index is 285. The van der Waals surface area contributed by atoms with Gasteiger partial charge in [-0.25, -0.2) is 0 Å². The largest absolute Gasteiger partial charge is 0.480 e. The number of hydrogen-bond acceptors (Lipinski definition) is 4. The van der Waals surface area contributed by atoms with Crippen LogP contribution in [0.1, 0.15) is 26.7 Å². The summed E-state index contributed by atoms with van der Waals surface area (Å²) in [4.78, 5) is 15.8. The van der Waals surface area contributed by atoms with E-state index in [1.54, 1.807) is 6.92 Å². The van der Waals surface area contributed by atoms with Crippen molar-refractivity contribution in [1.82, 2.24) is 15.1 Å². The highest BCUT2D eigenvalue weighted by molar-refractivity contribution is 5.78. The average molecular weight is 257 g/mol. The molecule has 18 heavy (non-hydrogen) atoms. The van der Waals surface area contributed by atoms with Gasteiger partial charge in [0, 0.05) is 19.1 Å². The van der Waals surface area contributed by atoms with E-state index in [-0.39, 0.29) is 0 Å². The van der Waals surface area contributed by atoms with Gasteiger partial charge < -0.3 is 20.2 Å². The Morgan fingerprint density at radius 3 is 2.72 bits per heavy atom. The van der Waals surface area contributed by atoms with E-state index in [1.807, 2.05) is 14.0 Å². The van der Waals surface area contributed by atoms with Crippen LogP contribution in [-0.4, -0.2) is 72.7 Å². The molecule has 0 aromatic carbocycles. The summed E-state index contributed by atoms with van der Waals surface area (Å²) in [6.45, 7) is 6.98. The number of carboxylic acid groups (broad SMARTS) is 1. The van der Waals surface area contributed by atoms with Crippen molar-refractivity contribution >= 4 is 5.97 Å². The number of aliphatic carboxylic acids is 1. The summed E-state index contributed by atoms with van der Waals surface area (Å²) >= 11 is 0. The molecule has 0 amide bonds. The molecule has 5 nitrogen and oxygen atoms in total. The van der Waals surface area contributed by atoms with Gasteiger partial charge in [-0.3, -0.25) is 4.79 Å². The van der Waals surface area contributed by atoms with Crippen LogP contribution < -0.4 is 5.32 Å². The van der Waals surface area contributed by atoms with Gasteiger partial charge in [-0.05, 0) is 47.0 Å². The maximum absolute atomic E-state index is 11.3. The Hall–Kier alpha value is -0.650. The third-order valence-corrected chi connectivity index (χ3v) is 3.82. The highest BCUT2D eigenvalue weighted by atomic mass is 16.4. The normalized spacial score (nSPS) is 24.4. The number of rotatable bonds is 7. The van der Waals surface area contributed by atoms with Gasteiger partial charge in [0.1, 0.15) is 5.54 Å². The van der Waals surface area contributed by atoms with Crippen LogP contribution in [0.3, 0.4) is 0 Å².